The van der Waals surface area contributed by atoms with E-state index >= 15 is 0 Å². The van der Waals surface area contributed by atoms with Gasteiger partial charge in [0.2, 0.25) is 0 Å². The zero-order chi connectivity index (χ0) is 10.7. The van der Waals surface area contributed by atoms with Gasteiger partial charge in [0.15, 0.2) is 5.82 Å². The smallest absolute Gasteiger partial charge is 0.167 e. The van der Waals surface area contributed by atoms with Crippen molar-refractivity contribution in [1.82, 2.24) is 20.5 Å². The van der Waals surface area contributed by atoms with Crippen molar-refractivity contribution in [2.45, 2.75) is 38.8 Å². The normalized spacial score (nSPS) is 20.4. The van der Waals surface area contributed by atoms with Gasteiger partial charge in [-0.05, 0) is 38.2 Å². The van der Waals surface area contributed by atoms with E-state index in [0.29, 0.717) is 6.04 Å². The zero-order valence-corrected chi connectivity index (χ0v) is 10.1. The van der Waals surface area contributed by atoms with Gasteiger partial charge < -0.3 is 5.32 Å². The molecule has 1 aliphatic heterocycles. The highest BCUT2D eigenvalue weighted by Crippen LogP contribution is 2.19. The summed E-state index contributed by atoms with van der Waals surface area (Å²) in [6, 6.07) is 0.892. The Morgan fingerprint density at radius 2 is 2.20 bits per heavy atom. The van der Waals surface area contributed by atoms with Crippen molar-refractivity contribution in [2.24, 2.45) is 0 Å². The molecular weight excluding hydrogens is 208 g/mol. The summed E-state index contributed by atoms with van der Waals surface area (Å²) >= 11 is 2.05. The Kier molecular flexibility index (Phi) is 3.64. The summed E-state index contributed by atoms with van der Waals surface area (Å²) in [4.78, 5) is 4.34. The van der Waals surface area contributed by atoms with Crippen LogP contribution in [0.25, 0.3) is 0 Å². The highest BCUT2D eigenvalue weighted by atomic mass is 32.2. The van der Waals surface area contributed by atoms with Crippen LogP contribution >= 0.6 is 11.8 Å². The van der Waals surface area contributed by atoms with E-state index in [0.717, 1.165) is 11.6 Å². The zero-order valence-electron chi connectivity index (χ0n) is 9.29. The number of hydrogen-bond acceptors (Lipinski definition) is 4. The molecule has 0 aliphatic carbocycles. The lowest BCUT2D eigenvalue weighted by Gasteiger charge is -2.25. The second-order valence-electron chi connectivity index (χ2n) is 4.05. The summed E-state index contributed by atoms with van der Waals surface area (Å²) in [5, 5.41) is 10.6. The van der Waals surface area contributed by atoms with E-state index in [2.05, 4.69) is 27.4 Å². The molecule has 1 aliphatic rings. The van der Waals surface area contributed by atoms with Crippen molar-refractivity contribution in [3.05, 3.63) is 11.6 Å². The Morgan fingerprint density at radius 1 is 1.47 bits per heavy atom. The van der Waals surface area contributed by atoms with Crippen LogP contribution in [0.3, 0.4) is 0 Å². The Bertz CT molecular complexity index is 306. The average molecular weight is 226 g/mol. The van der Waals surface area contributed by atoms with Crippen LogP contribution in [0.1, 0.15) is 37.5 Å². The monoisotopic (exact) mass is 226 g/mol. The third-order valence-corrected chi connectivity index (χ3v) is 3.76. The van der Waals surface area contributed by atoms with Crippen LogP contribution in [-0.2, 0) is 0 Å². The topological polar surface area (TPSA) is 53.6 Å². The molecule has 1 unspecified atom stereocenters. The molecule has 0 saturated carbocycles. The van der Waals surface area contributed by atoms with Crippen LogP contribution in [-0.4, -0.2) is 32.7 Å². The molecule has 1 saturated heterocycles. The van der Waals surface area contributed by atoms with Crippen molar-refractivity contribution in [3.63, 3.8) is 0 Å². The van der Waals surface area contributed by atoms with Crippen molar-refractivity contribution >= 4 is 11.8 Å². The molecule has 1 aromatic heterocycles. The van der Waals surface area contributed by atoms with E-state index in [4.69, 9.17) is 0 Å². The standard InChI is InChI=1S/C10H18N4S/c1-7(10-12-8(2)13-14-10)11-9-3-5-15-6-4-9/h7,9,11H,3-6H2,1-2H3,(H,12,13,14). The van der Waals surface area contributed by atoms with Gasteiger partial charge in [0.05, 0.1) is 6.04 Å². The molecule has 2 heterocycles. The number of aromatic amines is 1. The van der Waals surface area contributed by atoms with Gasteiger partial charge in [-0.1, -0.05) is 0 Å². The van der Waals surface area contributed by atoms with Gasteiger partial charge in [0, 0.05) is 6.04 Å². The lowest BCUT2D eigenvalue weighted by atomic mass is 10.1. The number of thioether (sulfide) groups is 1. The predicted molar refractivity (Wildman–Crippen MR) is 63.0 cm³/mol. The average Bonchev–Trinajstić information content (AvgIpc) is 2.66. The Hall–Kier alpha value is -0.550. The van der Waals surface area contributed by atoms with Crippen LogP contribution in [0.4, 0.5) is 0 Å². The maximum absolute atomic E-state index is 4.34. The Morgan fingerprint density at radius 3 is 2.80 bits per heavy atom. The van der Waals surface area contributed by atoms with E-state index in [1.807, 2.05) is 18.7 Å². The van der Waals surface area contributed by atoms with Gasteiger partial charge in [-0.3, -0.25) is 5.10 Å². The number of H-pyrrole nitrogens is 1. The van der Waals surface area contributed by atoms with E-state index in [1.165, 1.54) is 24.3 Å². The quantitative estimate of drug-likeness (QED) is 0.823. The van der Waals surface area contributed by atoms with Gasteiger partial charge in [0.25, 0.3) is 0 Å². The highest BCUT2D eigenvalue weighted by Gasteiger charge is 2.18. The van der Waals surface area contributed by atoms with Crippen LogP contribution < -0.4 is 5.32 Å². The number of hydrogen-bond donors (Lipinski definition) is 2. The number of nitrogens with one attached hydrogen (secondary N) is 2. The van der Waals surface area contributed by atoms with Crippen LogP contribution in [0.15, 0.2) is 0 Å². The molecule has 1 aromatic rings. The summed E-state index contributed by atoms with van der Waals surface area (Å²) < 4.78 is 0. The maximum atomic E-state index is 4.34. The fourth-order valence-electron chi connectivity index (χ4n) is 1.85. The molecule has 2 rings (SSSR count). The molecule has 0 radical (unpaired) electrons. The molecular formula is C10H18N4S. The summed E-state index contributed by atoms with van der Waals surface area (Å²) in [6.07, 6.45) is 2.52. The van der Waals surface area contributed by atoms with E-state index in [1.54, 1.807) is 0 Å². The number of nitrogens with zero attached hydrogens (tertiary/aromatic N) is 2. The highest BCUT2D eigenvalue weighted by molar-refractivity contribution is 7.99. The van der Waals surface area contributed by atoms with E-state index in [9.17, 15) is 0 Å². The molecule has 4 nitrogen and oxygen atoms in total. The van der Waals surface area contributed by atoms with Crippen LogP contribution in [0.5, 0.6) is 0 Å². The minimum Gasteiger partial charge on any atom is -0.305 e. The number of aryl methyl sites for hydroxylation is 1. The summed E-state index contributed by atoms with van der Waals surface area (Å²) in [7, 11) is 0. The molecule has 0 aromatic carbocycles. The minimum atomic E-state index is 0.253. The van der Waals surface area contributed by atoms with Crippen molar-refractivity contribution in [3.8, 4) is 0 Å². The second kappa shape index (κ2) is 4.99. The largest absolute Gasteiger partial charge is 0.305 e. The second-order valence-corrected chi connectivity index (χ2v) is 5.28. The SMILES string of the molecule is Cc1nc(C(C)NC2CCSCC2)n[nH]1. The lowest BCUT2D eigenvalue weighted by Crippen LogP contribution is -2.34. The lowest BCUT2D eigenvalue weighted by molar-refractivity contribution is 0.420. The fraction of sp³-hybridized carbons (Fsp3) is 0.800. The number of rotatable bonds is 3. The van der Waals surface area contributed by atoms with Gasteiger partial charge in [-0.15, -0.1) is 0 Å². The van der Waals surface area contributed by atoms with Gasteiger partial charge in [0.1, 0.15) is 5.82 Å². The number of aromatic nitrogens is 3. The third kappa shape index (κ3) is 2.95. The van der Waals surface area contributed by atoms with Gasteiger partial charge in [-0.25, -0.2) is 4.98 Å². The maximum Gasteiger partial charge on any atom is 0.167 e. The third-order valence-electron chi connectivity index (χ3n) is 2.71. The molecule has 0 bridgehead atoms. The van der Waals surface area contributed by atoms with Crippen molar-refractivity contribution < 1.29 is 0 Å². The predicted octanol–water partition coefficient (Wildman–Crippen LogP) is 1.66. The van der Waals surface area contributed by atoms with E-state index in [-0.39, 0.29) is 6.04 Å². The molecule has 1 fully saturated rings. The molecule has 0 amide bonds. The summed E-state index contributed by atoms with van der Waals surface area (Å²) in [5.74, 6) is 4.32. The summed E-state index contributed by atoms with van der Waals surface area (Å²) in [5.41, 5.74) is 0. The van der Waals surface area contributed by atoms with E-state index < -0.39 is 0 Å². The van der Waals surface area contributed by atoms with Crippen LogP contribution in [0, 0.1) is 6.92 Å². The first-order valence-electron chi connectivity index (χ1n) is 5.48. The van der Waals surface area contributed by atoms with Gasteiger partial charge >= 0.3 is 0 Å². The first-order chi connectivity index (χ1) is 7.25. The summed E-state index contributed by atoms with van der Waals surface area (Å²) in [6.45, 7) is 4.06. The first-order valence-corrected chi connectivity index (χ1v) is 6.64. The molecule has 1 atom stereocenters. The molecule has 5 heteroatoms. The Balaban J connectivity index is 1.88. The Labute approximate surface area is 94.6 Å². The fourth-order valence-corrected chi connectivity index (χ4v) is 2.95. The van der Waals surface area contributed by atoms with Gasteiger partial charge in [-0.2, -0.15) is 16.9 Å². The molecule has 15 heavy (non-hydrogen) atoms. The van der Waals surface area contributed by atoms with Crippen LogP contribution in [0.2, 0.25) is 0 Å². The molecule has 2 N–H and O–H groups in total. The molecule has 0 spiro atoms. The molecule has 84 valence electrons. The van der Waals surface area contributed by atoms with Crippen molar-refractivity contribution in [1.29, 1.82) is 0 Å². The first kappa shape index (κ1) is 11.0. The van der Waals surface area contributed by atoms with Crippen molar-refractivity contribution in [2.75, 3.05) is 11.5 Å². The minimum absolute atomic E-state index is 0.253.